The van der Waals surface area contributed by atoms with E-state index in [1.807, 2.05) is 60.7 Å². The number of benzene rings is 2. The zero-order valence-corrected chi connectivity index (χ0v) is 13.4. The summed E-state index contributed by atoms with van der Waals surface area (Å²) < 4.78 is 10.6. The summed E-state index contributed by atoms with van der Waals surface area (Å²) in [4.78, 5) is 23.4. The fourth-order valence-electron chi connectivity index (χ4n) is 1.94. The van der Waals surface area contributed by atoms with Crippen LogP contribution in [0.5, 0.6) is 5.75 Å². The highest BCUT2D eigenvalue weighted by Crippen LogP contribution is 2.09. The molecule has 0 aliphatic heterocycles. The highest BCUT2D eigenvalue weighted by Gasteiger charge is 2.12. The molecule has 2 rings (SSSR count). The molecular weight excluding hydrogens is 306 g/mol. The average Bonchev–Trinajstić information content (AvgIpc) is 2.59. The second-order valence-corrected chi connectivity index (χ2v) is 4.95. The van der Waals surface area contributed by atoms with Gasteiger partial charge in [0.25, 0.3) is 0 Å². The Morgan fingerprint density at radius 2 is 1.58 bits per heavy atom. The SMILES string of the molecule is CC(=O)N/C(=C\c1ccccc1)C(=O)OCCOc1ccccc1. The maximum Gasteiger partial charge on any atom is 0.354 e. The Bertz CT molecular complexity index is 696. The van der Waals surface area contributed by atoms with Crippen LogP contribution in [0.4, 0.5) is 0 Å². The van der Waals surface area contributed by atoms with E-state index in [2.05, 4.69) is 5.32 Å². The average molecular weight is 325 g/mol. The number of hydrogen-bond donors (Lipinski definition) is 1. The van der Waals surface area contributed by atoms with Gasteiger partial charge in [0.1, 0.15) is 24.7 Å². The van der Waals surface area contributed by atoms with Crippen molar-refractivity contribution in [2.45, 2.75) is 6.92 Å². The minimum absolute atomic E-state index is 0.0828. The summed E-state index contributed by atoms with van der Waals surface area (Å²) >= 11 is 0. The fraction of sp³-hybridized carbons (Fsp3) is 0.158. The van der Waals surface area contributed by atoms with Crippen LogP contribution in [0, 0.1) is 0 Å². The van der Waals surface area contributed by atoms with Crippen LogP contribution in [-0.4, -0.2) is 25.1 Å². The predicted octanol–water partition coefficient (Wildman–Crippen LogP) is 2.79. The van der Waals surface area contributed by atoms with Gasteiger partial charge >= 0.3 is 5.97 Å². The topological polar surface area (TPSA) is 64.6 Å². The van der Waals surface area contributed by atoms with Crippen LogP contribution >= 0.6 is 0 Å². The Hall–Kier alpha value is -3.08. The molecule has 0 aromatic heterocycles. The van der Waals surface area contributed by atoms with E-state index < -0.39 is 5.97 Å². The van der Waals surface area contributed by atoms with Crippen LogP contribution in [0.25, 0.3) is 6.08 Å². The molecule has 0 fully saturated rings. The van der Waals surface area contributed by atoms with Gasteiger partial charge in [0.05, 0.1) is 0 Å². The number of para-hydroxylation sites is 1. The molecule has 1 amide bonds. The number of esters is 1. The van der Waals surface area contributed by atoms with Crippen LogP contribution in [0.2, 0.25) is 0 Å². The molecule has 0 heterocycles. The Morgan fingerprint density at radius 1 is 0.958 bits per heavy atom. The van der Waals surface area contributed by atoms with Crippen LogP contribution < -0.4 is 10.1 Å². The molecule has 0 spiro atoms. The second-order valence-electron chi connectivity index (χ2n) is 4.95. The van der Waals surface area contributed by atoms with Crippen LogP contribution in [-0.2, 0) is 14.3 Å². The first kappa shape index (κ1) is 17.3. The van der Waals surface area contributed by atoms with Gasteiger partial charge in [-0.25, -0.2) is 4.79 Å². The van der Waals surface area contributed by atoms with E-state index in [0.717, 1.165) is 5.56 Å². The number of hydrogen-bond acceptors (Lipinski definition) is 4. The molecule has 0 bridgehead atoms. The molecule has 0 aliphatic carbocycles. The number of carbonyl (C=O) groups excluding carboxylic acids is 2. The minimum Gasteiger partial charge on any atom is -0.490 e. The summed E-state index contributed by atoms with van der Waals surface area (Å²) in [5.41, 5.74) is 0.882. The lowest BCUT2D eigenvalue weighted by atomic mass is 10.2. The molecule has 24 heavy (non-hydrogen) atoms. The van der Waals surface area contributed by atoms with Crippen molar-refractivity contribution in [3.8, 4) is 5.75 Å². The third-order valence-electron chi connectivity index (χ3n) is 2.97. The first-order valence-corrected chi connectivity index (χ1v) is 7.54. The van der Waals surface area contributed by atoms with Gasteiger partial charge in [-0.1, -0.05) is 48.5 Å². The normalized spacial score (nSPS) is 10.8. The molecule has 2 aromatic rings. The predicted molar refractivity (Wildman–Crippen MR) is 91.1 cm³/mol. The molecule has 124 valence electrons. The maximum absolute atomic E-state index is 12.1. The fourth-order valence-corrected chi connectivity index (χ4v) is 1.94. The Balaban J connectivity index is 1.90. The monoisotopic (exact) mass is 325 g/mol. The zero-order valence-electron chi connectivity index (χ0n) is 13.4. The molecule has 5 nitrogen and oxygen atoms in total. The van der Waals surface area contributed by atoms with Gasteiger partial charge in [-0.05, 0) is 23.8 Å². The molecule has 2 aromatic carbocycles. The van der Waals surface area contributed by atoms with E-state index in [1.54, 1.807) is 6.08 Å². The lowest BCUT2D eigenvalue weighted by Crippen LogP contribution is -2.27. The first-order valence-electron chi connectivity index (χ1n) is 7.54. The van der Waals surface area contributed by atoms with Gasteiger partial charge in [-0.3, -0.25) is 4.79 Å². The summed E-state index contributed by atoms with van der Waals surface area (Å²) in [5, 5.41) is 2.49. The van der Waals surface area contributed by atoms with Crippen molar-refractivity contribution < 1.29 is 19.1 Å². The number of rotatable bonds is 7. The van der Waals surface area contributed by atoms with E-state index in [1.165, 1.54) is 6.92 Å². The van der Waals surface area contributed by atoms with Crippen molar-refractivity contribution >= 4 is 18.0 Å². The number of nitrogens with one attached hydrogen (secondary N) is 1. The molecule has 0 aliphatic rings. The Morgan fingerprint density at radius 3 is 2.21 bits per heavy atom. The molecule has 1 N–H and O–H groups in total. The van der Waals surface area contributed by atoms with Gasteiger partial charge in [0.15, 0.2) is 0 Å². The van der Waals surface area contributed by atoms with E-state index in [0.29, 0.717) is 5.75 Å². The molecule has 5 heteroatoms. The highest BCUT2D eigenvalue weighted by atomic mass is 16.6. The first-order chi connectivity index (χ1) is 11.6. The molecule has 0 radical (unpaired) electrons. The van der Waals surface area contributed by atoms with Crippen LogP contribution in [0.3, 0.4) is 0 Å². The van der Waals surface area contributed by atoms with Gasteiger partial charge in [-0.2, -0.15) is 0 Å². The standard InChI is InChI=1S/C19H19NO4/c1-15(21)20-18(14-16-8-4-2-5-9-16)19(22)24-13-12-23-17-10-6-3-7-11-17/h2-11,14H,12-13H2,1H3,(H,20,21)/b18-14-. The lowest BCUT2D eigenvalue weighted by molar-refractivity contribution is -0.141. The maximum atomic E-state index is 12.1. The number of ether oxygens (including phenoxy) is 2. The van der Waals surface area contributed by atoms with Crippen LogP contribution in [0.1, 0.15) is 12.5 Å². The zero-order chi connectivity index (χ0) is 17.2. The molecule has 0 saturated heterocycles. The Labute approximate surface area is 140 Å². The van der Waals surface area contributed by atoms with Crippen molar-refractivity contribution in [1.82, 2.24) is 5.32 Å². The van der Waals surface area contributed by atoms with Gasteiger partial charge < -0.3 is 14.8 Å². The summed E-state index contributed by atoms with van der Waals surface area (Å²) in [5.74, 6) is -0.240. The second kappa shape index (κ2) is 9.15. The van der Waals surface area contributed by atoms with Crippen molar-refractivity contribution in [3.63, 3.8) is 0 Å². The summed E-state index contributed by atoms with van der Waals surface area (Å²) in [6.07, 6.45) is 1.57. The molecule has 0 unspecified atom stereocenters. The smallest absolute Gasteiger partial charge is 0.354 e. The third-order valence-corrected chi connectivity index (χ3v) is 2.97. The highest BCUT2D eigenvalue weighted by molar-refractivity contribution is 5.97. The van der Waals surface area contributed by atoms with Crippen molar-refractivity contribution in [1.29, 1.82) is 0 Å². The van der Waals surface area contributed by atoms with Crippen molar-refractivity contribution in [2.24, 2.45) is 0 Å². The van der Waals surface area contributed by atoms with Gasteiger partial charge in [0.2, 0.25) is 5.91 Å². The third kappa shape index (κ3) is 5.96. The minimum atomic E-state index is -0.606. The van der Waals surface area contributed by atoms with E-state index in [-0.39, 0.29) is 24.8 Å². The molecule has 0 saturated carbocycles. The van der Waals surface area contributed by atoms with Crippen LogP contribution in [0.15, 0.2) is 66.4 Å². The lowest BCUT2D eigenvalue weighted by Gasteiger charge is -2.10. The number of carbonyl (C=O) groups is 2. The van der Waals surface area contributed by atoms with E-state index in [9.17, 15) is 9.59 Å². The molecule has 0 atom stereocenters. The Kier molecular flexibility index (Phi) is 6.58. The van der Waals surface area contributed by atoms with Crippen molar-refractivity contribution in [2.75, 3.05) is 13.2 Å². The quantitative estimate of drug-likeness (QED) is 0.483. The van der Waals surface area contributed by atoms with Crippen molar-refractivity contribution in [3.05, 3.63) is 71.9 Å². The summed E-state index contributed by atoms with van der Waals surface area (Å²) in [7, 11) is 0. The summed E-state index contributed by atoms with van der Waals surface area (Å²) in [6.45, 7) is 1.65. The van der Waals surface area contributed by atoms with E-state index >= 15 is 0 Å². The van der Waals surface area contributed by atoms with Gasteiger partial charge in [0, 0.05) is 6.92 Å². The summed E-state index contributed by atoms with van der Waals surface area (Å²) in [6, 6.07) is 18.5. The largest absolute Gasteiger partial charge is 0.490 e. The molecular formula is C19H19NO4. The number of amides is 1. The van der Waals surface area contributed by atoms with Gasteiger partial charge in [-0.15, -0.1) is 0 Å². The van der Waals surface area contributed by atoms with E-state index in [4.69, 9.17) is 9.47 Å².